The van der Waals surface area contributed by atoms with Gasteiger partial charge in [0.05, 0.1) is 0 Å². The van der Waals surface area contributed by atoms with E-state index in [4.69, 9.17) is 5.73 Å². The Morgan fingerprint density at radius 1 is 0.425 bits per heavy atom. The normalized spacial score (nSPS) is 11.6. The van der Waals surface area contributed by atoms with Crippen molar-refractivity contribution in [2.75, 3.05) is 23.7 Å². The van der Waals surface area contributed by atoms with Crippen LogP contribution in [0.15, 0.2) is 48.5 Å². The van der Waals surface area contributed by atoms with Gasteiger partial charge in [-0.15, -0.1) is 0 Å². The van der Waals surface area contributed by atoms with Crippen molar-refractivity contribution in [2.45, 2.75) is 142 Å². The van der Waals surface area contributed by atoms with Crippen molar-refractivity contribution in [1.82, 2.24) is 0 Å². The molecule has 2 nitrogen and oxygen atoms in total. The number of nitrogens with zero attached hydrogens (tertiary/aromatic N) is 1. The molecule has 0 atom stereocenters. The number of fused-ring (bicyclic) bond motifs is 2. The molecule has 222 valence electrons. The third kappa shape index (κ3) is 12.1. The summed E-state index contributed by atoms with van der Waals surface area (Å²) in [5, 5.41) is 5.15. The van der Waals surface area contributed by atoms with E-state index in [2.05, 4.69) is 61.2 Å². The van der Waals surface area contributed by atoms with Crippen LogP contribution in [0.1, 0.15) is 142 Å². The van der Waals surface area contributed by atoms with Crippen LogP contribution in [-0.4, -0.2) is 13.1 Å². The molecule has 3 aromatic rings. The van der Waals surface area contributed by atoms with E-state index in [1.807, 2.05) is 6.07 Å². The lowest BCUT2D eigenvalue weighted by Gasteiger charge is -2.25. The molecule has 3 aromatic carbocycles. The average Bonchev–Trinajstić information content (AvgIpc) is 2.96. The maximum Gasteiger partial charge on any atom is 0.0372 e. The molecule has 2 N–H and O–H groups in total. The summed E-state index contributed by atoms with van der Waals surface area (Å²) in [6.07, 6.45) is 27.9. The van der Waals surface area contributed by atoms with E-state index in [9.17, 15) is 0 Å². The summed E-state index contributed by atoms with van der Waals surface area (Å²) in [7, 11) is 0. The van der Waals surface area contributed by atoms with Gasteiger partial charge in [0.25, 0.3) is 0 Å². The first-order chi connectivity index (χ1) is 19.7. The molecule has 0 aliphatic carbocycles. The molecule has 0 unspecified atom stereocenters. The number of nitrogen functional groups attached to an aromatic ring is 1. The molecule has 0 aliphatic rings. The number of benzene rings is 3. The molecule has 0 aliphatic heterocycles. The number of anilines is 2. The molecule has 40 heavy (non-hydrogen) atoms. The highest BCUT2D eigenvalue weighted by atomic mass is 15.1. The first kappa shape index (κ1) is 32.3. The molecule has 0 radical (unpaired) electrons. The van der Waals surface area contributed by atoms with Gasteiger partial charge >= 0.3 is 0 Å². The van der Waals surface area contributed by atoms with E-state index in [0.717, 1.165) is 5.69 Å². The lowest BCUT2D eigenvalue weighted by atomic mass is 10.0. The Hall–Kier alpha value is -2.22. The summed E-state index contributed by atoms with van der Waals surface area (Å²) >= 11 is 0. The zero-order valence-electron chi connectivity index (χ0n) is 26.2. The second kappa shape index (κ2) is 19.8. The zero-order valence-corrected chi connectivity index (χ0v) is 26.2. The van der Waals surface area contributed by atoms with Crippen molar-refractivity contribution in [3.63, 3.8) is 0 Å². The molecule has 0 heterocycles. The fourth-order valence-electron chi connectivity index (χ4n) is 6.15. The minimum Gasteiger partial charge on any atom is -0.399 e. The molecule has 0 bridgehead atoms. The van der Waals surface area contributed by atoms with Crippen LogP contribution in [0.5, 0.6) is 0 Å². The molecule has 0 fully saturated rings. The summed E-state index contributed by atoms with van der Waals surface area (Å²) in [6.45, 7) is 6.97. The van der Waals surface area contributed by atoms with Gasteiger partial charge < -0.3 is 10.6 Å². The van der Waals surface area contributed by atoms with Crippen molar-refractivity contribution in [3.05, 3.63) is 48.5 Å². The Labute approximate surface area is 247 Å². The molecule has 0 saturated heterocycles. The Bertz CT molecular complexity index is 1050. The predicted molar refractivity (Wildman–Crippen MR) is 182 cm³/mol. The quantitative estimate of drug-likeness (QED) is 0.0730. The largest absolute Gasteiger partial charge is 0.399 e. The van der Waals surface area contributed by atoms with Crippen LogP contribution in [0.4, 0.5) is 11.4 Å². The summed E-state index contributed by atoms with van der Waals surface area (Å²) in [4.78, 5) is 2.68. The zero-order chi connectivity index (χ0) is 28.3. The lowest BCUT2D eigenvalue weighted by molar-refractivity contribution is 0.543. The van der Waals surface area contributed by atoms with E-state index in [1.165, 1.54) is 169 Å². The van der Waals surface area contributed by atoms with Gasteiger partial charge in [-0.25, -0.2) is 0 Å². The van der Waals surface area contributed by atoms with Gasteiger partial charge in [-0.3, -0.25) is 0 Å². The fourth-order valence-corrected chi connectivity index (χ4v) is 6.15. The molecule has 0 spiro atoms. The number of nitrogens with two attached hydrogens (primary N) is 1. The summed E-state index contributed by atoms with van der Waals surface area (Å²) in [5.74, 6) is 0. The highest BCUT2D eigenvalue weighted by Crippen LogP contribution is 2.29. The van der Waals surface area contributed by atoms with Gasteiger partial charge in [0, 0.05) is 24.5 Å². The lowest BCUT2D eigenvalue weighted by Crippen LogP contribution is -2.25. The topological polar surface area (TPSA) is 29.3 Å². The Kier molecular flexibility index (Phi) is 16.0. The van der Waals surface area contributed by atoms with E-state index >= 15 is 0 Å². The second-order valence-corrected chi connectivity index (χ2v) is 12.3. The monoisotopic (exact) mass is 544 g/mol. The van der Waals surface area contributed by atoms with Crippen LogP contribution in [0, 0.1) is 0 Å². The maximum absolute atomic E-state index is 6.04. The van der Waals surface area contributed by atoms with Crippen LogP contribution in [-0.2, 0) is 0 Å². The van der Waals surface area contributed by atoms with E-state index in [1.54, 1.807) is 0 Å². The van der Waals surface area contributed by atoms with Crippen LogP contribution < -0.4 is 10.6 Å². The average molecular weight is 545 g/mol. The minimum atomic E-state index is 0.836. The molecule has 2 heteroatoms. The highest BCUT2D eigenvalue weighted by molar-refractivity contribution is 6.00. The van der Waals surface area contributed by atoms with Gasteiger partial charge in [0.1, 0.15) is 0 Å². The standard InChI is InChI=1S/C38H60N2/c1-3-5-7-9-11-13-15-17-19-21-27-40(28-22-20-18-16-14-12-10-8-6-4-2)38-26-24-34-29-35-31-37(39)25-23-33(35)30-36(34)32-38/h23-26,29-32H,3-22,27-28,39H2,1-2H3. The number of hydrogen-bond donors (Lipinski definition) is 1. The fraction of sp³-hybridized carbons (Fsp3) is 0.632. The third-order valence-corrected chi connectivity index (χ3v) is 8.73. The summed E-state index contributed by atoms with van der Waals surface area (Å²) in [5.41, 5.74) is 8.28. The van der Waals surface area contributed by atoms with E-state index in [-0.39, 0.29) is 0 Å². The second-order valence-electron chi connectivity index (χ2n) is 12.3. The van der Waals surface area contributed by atoms with Crippen molar-refractivity contribution in [1.29, 1.82) is 0 Å². The maximum atomic E-state index is 6.04. The van der Waals surface area contributed by atoms with E-state index < -0.39 is 0 Å². The summed E-state index contributed by atoms with van der Waals surface area (Å²) in [6, 6.07) is 18.0. The van der Waals surface area contributed by atoms with Gasteiger partial charge in [0.2, 0.25) is 0 Å². The predicted octanol–water partition coefficient (Wildman–Crippen LogP) is 12.2. The molecule has 0 amide bonds. The minimum absolute atomic E-state index is 0.836. The number of unbranched alkanes of at least 4 members (excludes halogenated alkanes) is 18. The van der Waals surface area contributed by atoms with Crippen molar-refractivity contribution >= 4 is 32.9 Å². The first-order valence-corrected chi connectivity index (χ1v) is 17.2. The Morgan fingerprint density at radius 2 is 0.825 bits per heavy atom. The van der Waals surface area contributed by atoms with Crippen LogP contribution in [0.25, 0.3) is 21.5 Å². The van der Waals surface area contributed by atoms with Gasteiger partial charge in [-0.2, -0.15) is 0 Å². The SMILES string of the molecule is CCCCCCCCCCCCN(CCCCCCCCCCCC)c1ccc2cc3cc(N)ccc3cc2c1. The number of rotatable bonds is 23. The molecule has 0 saturated carbocycles. The van der Waals surface area contributed by atoms with Crippen molar-refractivity contribution < 1.29 is 0 Å². The Balaban J connectivity index is 1.49. The van der Waals surface area contributed by atoms with Crippen LogP contribution in [0.2, 0.25) is 0 Å². The number of hydrogen-bond acceptors (Lipinski definition) is 2. The van der Waals surface area contributed by atoms with E-state index in [0.29, 0.717) is 0 Å². The molecular formula is C38H60N2. The smallest absolute Gasteiger partial charge is 0.0372 e. The van der Waals surface area contributed by atoms with Crippen molar-refractivity contribution in [2.24, 2.45) is 0 Å². The van der Waals surface area contributed by atoms with Crippen LogP contribution >= 0.6 is 0 Å². The summed E-state index contributed by atoms with van der Waals surface area (Å²) < 4.78 is 0. The van der Waals surface area contributed by atoms with Gasteiger partial charge in [-0.05, 0) is 70.8 Å². The highest BCUT2D eigenvalue weighted by Gasteiger charge is 2.09. The molecular weight excluding hydrogens is 484 g/mol. The third-order valence-electron chi connectivity index (χ3n) is 8.73. The molecule has 3 rings (SSSR count). The van der Waals surface area contributed by atoms with Gasteiger partial charge in [0.15, 0.2) is 0 Å². The van der Waals surface area contributed by atoms with Crippen LogP contribution in [0.3, 0.4) is 0 Å². The van der Waals surface area contributed by atoms with Gasteiger partial charge in [-0.1, -0.05) is 142 Å². The molecule has 0 aromatic heterocycles. The first-order valence-electron chi connectivity index (χ1n) is 17.2. The van der Waals surface area contributed by atoms with Crippen molar-refractivity contribution in [3.8, 4) is 0 Å². The Morgan fingerprint density at radius 3 is 1.30 bits per heavy atom.